The van der Waals surface area contributed by atoms with Crippen LogP contribution in [0, 0.1) is 0 Å². The third kappa shape index (κ3) is 1.67. The molecule has 1 nitrogen and oxygen atoms in total. The Kier molecular flexibility index (Phi) is 2.63. The summed E-state index contributed by atoms with van der Waals surface area (Å²) in [5.74, 6) is 0.861. The van der Waals surface area contributed by atoms with Crippen molar-refractivity contribution >= 4 is 17.1 Å². The number of hydrogen-bond acceptors (Lipinski definition) is 2. The monoisotopic (exact) mass is 154 g/mol. The van der Waals surface area contributed by atoms with Gasteiger partial charge < -0.3 is 4.74 Å². The molecule has 0 heterocycles. The van der Waals surface area contributed by atoms with E-state index in [4.69, 9.17) is 17.0 Å². The lowest BCUT2D eigenvalue weighted by Gasteiger charge is -2.09. The van der Waals surface area contributed by atoms with Crippen molar-refractivity contribution in [2.75, 3.05) is 6.61 Å². The molecule has 2 heteroatoms. The van der Waals surface area contributed by atoms with Crippen LogP contribution in [0.4, 0.5) is 0 Å². The van der Waals surface area contributed by atoms with Gasteiger partial charge in [-0.2, -0.15) is 0 Å². The van der Waals surface area contributed by atoms with Crippen molar-refractivity contribution in [1.29, 1.82) is 0 Å². The third-order valence-electron chi connectivity index (χ3n) is 1.26. The van der Waals surface area contributed by atoms with Crippen molar-refractivity contribution in [2.24, 2.45) is 0 Å². The Morgan fingerprint density at radius 1 is 1.70 bits per heavy atom. The Morgan fingerprint density at radius 3 is 3.10 bits per heavy atom. The van der Waals surface area contributed by atoms with Crippen LogP contribution in [-0.2, 0) is 4.74 Å². The molecular weight excluding hydrogens is 144 g/mol. The average molecular weight is 154 g/mol. The van der Waals surface area contributed by atoms with Crippen molar-refractivity contribution in [3.63, 3.8) is 0 Å². The maximum Gasteiger partial charge on any atom is 0.133 e. The zero-order valence-corrected chi connectivity index (χ0v) is 6.78. The first-order valence-corrected chi connectivity index (χ1v) is 3.78. The van der Waals surface area contributed by atoms with E-state index < -0.39 is 0 Å². The topological polar surface area (TPSA) is 9.23 Å². The molecule has 0 aromatic carbocycles. The fourth-order valence-electron chi connectivity index (χ4n) is 0.808. The molecule has 0 bridgehead atoms. The van der Waals surface area contributed by atoms with Crippen LogP contribution in [-0.4, -0.2) is 11.5 Å². The molecule has 0 aliphatic heterocycles. The number of allylic oxidation sites excluding steroid dienone is 4. The molecule has 0 radical (unpaired) electrons. The van der Waals surface area contributed by atoms with Crippen LogP contribution in [0.3, 0.4) is 0 Å². The lowest BCUT2D eigenvalue weighted by Crippen LogP contribution is -2.04. The number of rotatable bonds is 2. The summed E-state index contributed by atoms with van der Waals surface area (Å²) in [5.41, 5.74) is 0. The van der Waals surface area contributed by atoms with E-state index in [2.05, 4.69) is 0 Å². The molecule has 0 atom stereocenters. The second-order valence-corrected chi connectivity index (χ2v) is 2.51. The summed E-state index contributed by atoms with van der Waals surface area (Å²) in [4.78, 5) is 0.907. The third-order valence-corrected chi connectivity index (χ3v) is 1.63. The van der Waals surface area contributed by atoms with E-state index in [9.17, 15) is 0 Å². The number of hydrogen-bond donors (Lipinski definition) is 0. The minimum absolute atomic E-state index is 0.694. The standard InChI is InChI=1S/C8H10OS/c1-2-9-7-5-3-4-6-8(7)10/h3-5H,2,6H2,1H3. The molecule has 10 heavy (non-hydrogen) atoms. The van der Waals surface area contributed by atoms with Gasteiger partial charge in [0.15, 0.2) is 0 Å². The molecule has 0 amide bonds. The van der Waals surface area contributed by atoms with E-state index in [0.717, 1.165) is 17.0 Å². The van der Waals surface area contributed by atoms with Crippen LogP contribution in [0.5, 0.6) is 0 Å². The molecule has 0 unspecified atom stereocenters. The highest BCUT2D eigenvalue weighted by Crippen LogP contribution is 2.10. The Morgan fingerprint density at radius 2 is 2.50 bits per heavy atom. The summed E-state index contributed by atoms with van der Waals surface area (Å²) >= 11 is 5.05. The van der Waals surface area contributed by atoms with Gasteiger partial charge in [-0.1, -0.05) is 24.4 Å². The summed E-state index contributed by atoms with van der Waals surface area (Å²) < 4.78 is 5.26. The van der Waals surface area contributed by atoms with Crippen LogP contribution < -0.4 is 0 Å². The Hall–Kier alpha value is -0.630. The average Bonchev–Trinajstić information content (AvgIpc) is 1.94. The van der Waals surface area contributed by atoms with E-state index >= 15 is 0 Å². The number of ether oxygens (including phenoxy) is 1. The molecular formula is C8H10OS. The molecule has 0 spiro atoms. The highest BCUT2D eigenvalue weighted by molar-refractivity contribution is 7.80. The predicted octanol–water partition coefficient (Wildman–Crippen LogP) is 2.24. The van der Waals surface area contributed by atoms with Gasteiger partial charge in [0.2, 0.25) is 0 Å². The molecule has 0 saturated heterocycles. The molecule has 0 aromatic heterocycles. The molecule has 1 rings (SSSR count). The summed E-state index contributed by atoms with van der Waals surface area (Å²) in [6, 6.07) is 0. The van der Waals surface area contributed by atoms with Crippen molar-refractivity contribution in [1.82, 2.24) is 0 Å². The van der Waals surface area contributed by atoms with Gasteiger partial charge in [0, 0.05) is 6.42 Å². The van der Waals surface area contributed by atoms with Gasteiger partial charge in [-0.25, -0.2) is 0 Å². The summed E-state index contributed by atoms with van der Waals surface area (Å²) in [6.45, 7) is 2.65. The Bertz CT molecular complexity index is 191. The quantitative estimate of drug-likeness (QED) is 0.564. The van der Waals surface area contributed by atoms with E-state index in [0.29, 0.717) is 6.61 Å². The fraction of sp³-hybridized carbons (Fsp3) is 0.375. The summed E-state index contributed by atoms with van der Waals surface area (Å²) in [5, 5.41) is 0. The van der Waals surface area contributed by atoms with Gasteiger partial charge in [0.1, 0.15) is 5.76 Å². The lowest BCUT2D eigenvalue weighted by atomic mass is 10.1. The largest absolute Gasteiger partial charge is 0.493 e. The lowest BCUT2D eigenvalue weighted by molar-refractivity contribution is 0.249. The molecule has 54 valence electrons. The zero-order chi connectivity index (χ0) is 7.40. The van der Waals surface area contributed by atoms with Crippen LogP contribution in [0.25, 0.3) is 0 Å². The molecule has 1 aliphatic rings. The summed E-state index contributed by atoms with van der Waals surface area (Å²) in [6.07, 6.45) is 6.77. The number of thiocarbonyl (C=S) groups is 1. The normalized spacial score (nSPS) is 16.9. The van der Waals surface area contributed by atoms with Crippen LogP contribution in [0.15, 0.2) is 24.0 Å². The van der Waals surface area contributed by atoms with Gasteiger partial charge >= 0.3 is 0 Å². The van der Waals surface area contributed by atoms with Gasteiger partial charge in [-0.05, 0) is 13.0 Å². The van der Waals surface area contributed by atoms with Gasteiger partial charge in [-0.15, -0.1) is 0 Å². The van der Waals surface area contributed by atoms with Crippen LogP contribution in [0.2, 0.25) is 0 Å². The first kappa shape index (κ1) is 7.48. The first-order chi connectivity index (χ1) is 4.84. The van der Waals surface area contributed by atoms with Crippen molar-refractivity contribution < 1.29 is 4.74 Å². The van der Waals surface area contributed by atoms with E-state index in [1.807, 2.05) is 25.2 Å². The van der Waals surface area contributed by atoms with Crippen molar-refractivity contribution in [3.05, 3.63) is 24.0 Å². The maximum atomic E-state index is 5.26. The fourth-order valence-corrected chi connectivity index (χ4v) is 1.03. The predicted molar refractivity (Wildman–Crippen MR) is 46.1 cm³/mol. The second-order valence-electron chi connectivity index (χ2n) is 2.02. The van der Waals surface area contributed by atoms with Crippen LogP contribution in [0.1, 0.15) is 13.3 Å². The molecule has 0 fully saturated rings. The maximum absolute atomic E-state index is 5.26. The first-order valence-electron chi connectivity index (χ1n) is 3.37. The van der Waals surface area contributed by atoms with E-state index in [1.165, 1.54) is 0 Å². The second kappa shape index (κ2) is 3.52. The smallest absolute Gasteiger partial charge is 0.133 e. The molecule has 0 saturated carbocycles. The highest BCUT2D eigenvalue weighted by atomic mass is 32.1. The minimum Gasteiger partial charge on any atom is -0.493 e. The van der Waals surface area contributed by atoms with Crippen molar-refractivity contribution in [2.45, 2.75) is 13.3 Å². The molecule has 0 N–H and O–H groups in total. The minimum atomic E-state index is 0.694. The molecule has 0 aromatic rings. The van der Waals surface area contributed by atoms with Gasteiger partial charge in [0.05, 0.1) is 11.5 Å². The van der Waals surface area contributed by atoms with Crippen molar-refractivity contribution in [3.8, 4) is 0 Å². The van der Waals surface area contributed by atoms with Gasteiger partial charge in [-0.3, -0.25) is 0 Å². The molecule has 1 aliphatic carbocycles. The van der Waals surface area contributed by atoms with E-state index in [1.54, 1.807) is 0 Å². The highest BCUT2D eigenvalue weighted by Gasteiger charge is 2.05. The summed E-state index contributed by atoms with van der Waals surface area (Å²) in [7, 11) is 0. The van der Waals surface area contributed by atoms with E-state index in [-0.39, 0.29) is 0 Å². The zero-order valence-electron chi connectivity index (χ0n) is 5.96. The van der Waals surface area contributed by atoms with Gasteiger partial charge in [0.25, 0.3) is 0 Å². The Balaban J connectivity index is 2.61. The SMILES string of the molecule is CCOC1=CC=CCC1=S. The van der Waals surface area contributed by atoms with Crippen LogP contribution >= 0.6 is 12.2 Å². The Labute approximate surface area is 66.4 Å².